The molecule has 16 heavy (non-hydrogen) atoms. The predicted molar refractivity (Wildman–Crippen MR) is 57.2 cm³/mol. The molecule has 3 N–H and O–H groups in total. The van der Waals surface area contributed by atoms with Crippen molar-refractivity contribution in [2.75, 3.05) is 13.3 Å². The first kappa shape index (κ1) is 12.4. The van der Waals surface area contributed by atoms with Crippen LogP contribution >= 0.6 is 0 Å². The van der Waals surface area contributed by atoms with Gasteiger partial charge in [-0.3, -0.25) is 4.79 Å². The molecule has 5 heteroatoms. The van der Waals surface area contributed by atoms with E-state index in [9.17, 15) is 9.18 Å². The number of hydrogen-bond donors (Lipinski definition) is 2. The average Bonchev–Trinajstić information content (AvgIpc) is 2.27. The van der Waals surface area contributed by atoms with Gasteiger partial charge in [0.05, 0.1) is 0 Å². The lowest BCUT2D eigenvalue weighted by atomic mass is 10.0. The molecule has 0 bridgehead atoms. The SMILES string of the molecule is Cc1ccc(OCCF)cc1C(N)C(=O)O. The van der Waals surface area contributed by atoms with Crippen LogP contribution in [0.15, 0.2) is 18.2 Å². The van der Waals surface area contributed by atoms with Crippen molar-refractivity contribution in [2.45, 2.75) is 13.0 Å². The summed E-state index contributed by atoms with van der Waals surface area (Å²) in [4.78, 5) is 10.8. The van der Waals surface area contributed by atoms with Crippen molar-refractivity contribution >= 4 is 5.97 Å². The lowest BCUT2D eigenvalue weighted by Crippen LogP contribution is -2.21. The second-order valence-corrected chi connectivity index (χ2v) is 3.37. The molecular weight excluding hydrogens is 213 g/mol. The first-order valence-corrected chi connectivity index (χ1v) is 4.84. The maximum Gasteiger partial charge on any atom is 0.325 e. The van der Waals surface area contributed by atoms with Gasteiger partial charge in [0, 0.05) is 0 Å². The molecule has 0 radical (unpaired) electrons. The first-order valence-electron chi connectivity index (χ1n) is 4.84. The van der Waals surface area contributed by atoms with Gasteiger partial charge in [0.2, 0.25) is 0 Å². The third-order valence-electron chi connectivity index (χ3n) is 2.20. The number of alkyl halides is 1. The monoisotopic (exact) mass is 227 g/mol. The number of carboxylic acids is 1. The zero-order valence-corrected chi connectivity index (χ0v) is 8.94. The fourth-order valence-corrected chi connectivity index (χ4v) is 1.33. The van der Waals surface area contributed by atoms with E-state index in [2.05, 4.69) is 0 Å². The molecule has 4 nitrogen and oxygen atoms in total. The number of halogens is 1. The summed E-state index contributed by atoms with van der Waals surface area (Å²) in [5.74, 6) is -0.680. The van der Waals surface area contributed by atoms with E-state index < -0.39 is 18.7 Å². The molecular formula is C11H14FNO3. The van der Waals surface area contributed by atoms with E-state index in [4.69, 9.17) is 15.6 Å². The van der Waals surface area contributed by atoms with Crippen molar-refractivity contribution in [2.24, 2.45) is 5.73 Å². The average molecular weight is 227 g/mol. The summed E-state index contributed by atoms with van der Waals surface area (Å²) in [6.07, 6.45) is 0. The topological polar surface area (TPSA) is 72.5 Å². The minimum absolute atomic E-state index is 0.0508. The zero-order valence-electron chi connectivity index (χ0n) is 8.94. The van der Waals surface area contributed by atoms with Gasteiger partial charge in [0.1, 0.15) is 25.1 Å². The number of nitrogens with two attached hydrogens (primary N) is 1. The second kappa shape index (κ2) is 5.46. The van der Waals surface area contributed by atoms with Crippen molar-refractivity contribution < 1.29 is 19.0 Å². The van der Waals surface area contributed by atoms with Gasteiger partial charge in [0.25, 0.3) is 0 Å². The molecule has 0 aliphatic carbocycles. The number of carbonyl (C=O) groups is 1. The largest absolute Gasteiger partial charge is 0.491 e. The summed E-state index contributed by atoms with van der Waals surface area (Å²) in [5.41, 5.74) is 6.75. The Morgan fingerprint density at radius 3 is 2.88 bits per heavy atom. The number of hydrogen-bond acceptors (Lipinski definition) is 3. The van der Waals surface area contributed by atoms with Gasteiger partial charge in [-0.2, -0.15) is 0 Å². The summed E-state index contributed by atoms with van der Waals surface area (Å²) in [5, 5.41) is 8.80. The van der Waals surface area contributed by atoms with Crippen LogP contribution in [-0.4, -0.2) is 24.4 Å². The molecule has 0 aliphatic rings. The van der Waals surface area contributed by atoms with Crippen molar-refractivity contribution in [3.8, 4) is 5.75 Å². The standard InChI is InChI=1S/C11H14FNO3/c1-7-2-3-8(16-5-4-12)6-9(7)10(13)11(14)15/h2-3,6,10H,4-5,13H2,1H3,(H,14,15). The molecule has 1 aromatic carbocycles. The normalized spacial score (nSPS) is 12.2. The summed E-state index contributed by atoms with van der Waals surface area (Å²) in [6, 6.07) is 3.80. The van der Waals surface area contributed by atoms with Gasteiger partial charge < -0.3 is 15.6 Å². The smallest absolute Gasteiger partial charge is 0.325 e. The number of benzene rings is 1. The highest BCUT2D eigenvalue weighted by molar-refractivity contribution is 5.76. The molecule has 88 valence electrons. The van der Waals surface area contributed by atoms with Gasteiger partial charge in [-0.05, 0) is 30.2 Å². The van der Waals surface area contributed by atoms with Crippen molar-refractivity contribution in [3.05, 3.63) is 29.3 Å². The Morgan fingerprint density at radius 2 is 2.31 bits per heavy atom. The van der Waals surface area contributed by atoms with Crippen LogP contribution in [0.4, 0.5) is 4.39 Å². The number of aryl methyl sites for hydroxylation is 1. The van der Waals surface area contributed by atoms with Crippen LogP contribution in [-0.2, 0) is 4.79 Å². The third kappa shape index (κ3) is 2.93. The highest BCUT2D eigenvalue weighted by Crippen LogP contribution is 2.22. The summed E-state index contributed by atoms with van der Waals surface area (Å²) >= 11 is 0. The van der Waals surface area contributed by atoms with Gasteiger partial charge in [-0.15, -0.1) is 0 Å². The Kier molecular flexibility index (Phi) is 4.25. The Morgan fingerprint density at radius 1 is 1.62 bits per heavy atom. The molecule has 1 atom stereocenters. The Labute approximate surface area is 92.8 Å². The minimum atomic E-state index is -1.11. The molecule has 1 rings (SSSR count). The van der Waals surface area contributed by atoms with Gasteiger partial charge in [0.15, 0.2) is 0 Å². The van der Waals surface area contributed by atoms with E-state index in [0.717, 1.165) is 5.56 Å². The number of aliphatic carboxylic acids is 1. The third-order valence-corrected chi connectivity index (χ3v) is 2.20. The molecule has 0 aromatic heterocycles. The highest BCUT2D eigenvalue weighted by Gasteiger charge is 2.17. The zero-order chi connectivity index (χ0) is 12.1. The molecule has 0 saturated heterocycles. The van der Waals surface area contributed by atoms with Gasteiger partial charge >= 0.3 is 5.97 Å². The lowest BCUT2D eigenvalue weighted by Gasteiger charge is -2.12. The van der Waals surface area contributed by atoms with Crippen LogP contribution in [0.1, 0.15) is 17.2 Å². The molecule has 0 amide bonds. The fraction of sp³-hybridized carbons (Fsp3) is 0.364. The van der Waals surface area contributed by atoms with E-state index in [1.54, 1.807) is 19.1 Å². The second-order valence-electron chi connectivity index (χ2n) is 3.37. The van der Waals surface area contributed by atoms with Crippen molar-refractivity contribution in [1.82, 2.24) is 0 Å². The quantitative estimate of drug-likeness (QED) is 0.798. The highest BCUT2D eigenvalue weighted by atomic mass is 19.1. The van der Waals surface area contributed by atoms with Crippen LogP contribution in [0.5, 0.6) is 5.75 Å². The minimum Gasteiger partial charge on any atom is -0.491 e. The maximum atomic E-state index is 11.9. The molecule has 0 heterocycles. The Bertz CT molecular complexity index is 381. The molecule has 0 aliphatic heterocycles. The van der Waals surface area contributed by atoms with Gasteiger partial charge in [-0.1, -0.05) is 6.07 Å². The molecule has 0 fully saturated rings. The van der Waals surface area contributed by atoms with E-state index in [-0.39, 0.29) is 6.61 Å². The molecule has 0 spiro atoms. The lowest BCUT2D eigenvalue weighted by molar-refractivity contribution is -0.138. The molecule has 1 aromatic rings. The van der Waals surface area contributed by atoms with Crippen LogP contribution < -0.4 is 10.5 Å². The van der Waals surface area contributed by atoms with Crippen LogP contribution in [0.3, 0.4) is 0 Å². The first-order chi connectivity index (χ1) is 7.56. The van der Waals surface area contributed by atoms with E-state index in [1.165, 1.54) is 6.07 Å². The molecule has 1 unspecified atom stereocenters. The van der Waals surface area contributed by atoms with E-state index >= 15 is 0 Å². The summed E-state index contributed by atoms with van der Waals surface area (Å²) in [6.45, 7) is 1.12. The predicted octanol–water partition coefficient (Wildman–Crippen LogP) is 1.43. The molecule has 0 saturated carbocycles. The van der Waals surface area contributed by atoms with E-state index in [1.807, 2.05) is 0 Å². The Balaban J connectivity index is 2.94. The number of rotatable bonds is 5. The number of carboxylic acid groups (broad SMARTS) is 1. The van der Waals surface area contributed by atoms with Crippen LogP contribution in [0.25, 0.3) is 0 Å². The van der Waals surface area contributed by atoms with Gasteiger partial charge in [-0.25, -0.2) is 4.39 Å². The van der Waals surface area contributed by atoms with Crippen molar-refractivity contribution in [1.29, 1.82) is 0 Å². The summed E-state index contributed by atoms with van der Waals surface area (Å²) < 4.78 is 17.0. The van der Waals surface area contributed by atoms with Crippen molar-refractivity contribution in [3.63, 3.8) is 0 Å². The fourth-order valence-electron chi connectivity index (χ4n) is 1.33. The maximum absolute atomic E-state index is 11.9. The van der Waals surface area contributed by atoms with E-state index in [0.29, 0.717) is 11.3 Å². The van der Waals surface area contributed by atoms with Crippen LogP contribution in [0.2, 0.25) is 0 Å². The number of ether oxygens (including phenoxy) is 1. The van der Waals surface area contributed by atoms with Crippen LogP contribution in [0, 0.1) is 6.92 Å². The summed E-state index contributed by atoms with van der Waals surface area (Å²) in [7, 11) is 0. The Hall–Kier alpha value is -1.62.